The molecule has 0 unspecified atom stereocenters. The molecule has 0 atom stereocenters. The van der Waals surface area contributed by atoms with Gasteiger partial charge in [0.2, 0.25) is 0 Å². The van der Waals surface area contributed by atoms with E-state index in [0.717, 1.165) is 0 Å². The summed E-state index contributed by atoms with van der Waals surface area (Å²) < 4.78 is 6.76. The number of hydrogen-bond donors (Lipinski definition) is 0. The van der Waals surface area contributed by atoms with E-state index in [2.05, 4.69) is 6.07 Å². The lowest BCUT2D eigenvalue weighted by Crippen LogP contribution is -2.13. The van der Waals surface area contributed by atoms with E-state index in [4.69, 9.17) is 16.3 Å². The summed E-state index contributed by atoms with van der Waals surface area (Å²) in [6.07, 6.45) is 0. The fraction of sp³-hybridized carbons (Fsp3) is 0.111. The Morgan fingerprint density at radius 2 is 1.91 bits per heavy atom. The molecule has 0 N–H and O–H groups in total. The van der Waals surface area contributed by atoms with Gasteiger partial charge in [-0.25, -0.2) is 0 Å². The highest BCUT2D eigenvalue weighted by atomic mass is 35.5. The molecule has 3 aromatic rings. The van der Waals surface area contributed by atoms with E-state index in [1.165, 1.54) is 0 Å². The van der Waals surface area contributed by atoms with Crippen LogP contribution in [0, 0.1) is 18.3 Å². The number of hydrogen-bond acceptors (Lipinski definition) is 3. The Bertz CT molecular complexity index is 950. The number of aromatic nitrogens is 1. The number of methoxy groups -OCH3 is 1. The Hall–Kier alpha value is -2.77. The van der Waals surface area contributed by atoms with Crippen LogP contribution in [0.2, 0.25) is 5.02 Å². The average Bonchev–Trinajstić information content (AvgIpc) is 2.85. The number of nitrogens with zero attached hydrogens (tertiary/aromatic N) is 2. The van der Waals surface area contributed by atoms with E-state index in [1.807, 2.05) is 0 Å². The molecule has 0 aliphatic rings. The molecule has 0 saturated heterocycles. The fourth-order valence-electron chi connectivity index (χ4n) is 2.65. The monoisotopic (exact) mass is 324 g/mol. The third-order valence-electron chi connectivity index (χ3n) is 3.82. The fourth-order valence-corrected chi connectivity index (χ4v) is 2.78. The Balaban J connectivity index is 2.25. The van der Waals surface area contributed by atoms with Crippen LogP contribution in [0.15, 0.2) is 42.5 Å². The van der Waals surface area contributed by atoms with Crippen molar-refractivity contribution in [1.29, 1.82) is 5.26 Å². The van der Waals surface area contributed by atoms with E-state index < -0.39 is 0 Å². The predicted octanol–water partition coefficient (Wildman–Crippen LogP) is 4.17. The van der Waals surface area contributed by atoms with Gasteiger partial charge in [0.15, 0.2) is 0 Å². The largest absolute Gasteiger partial charge is 0.497 e. The molecule has 4 nitrogen and oxygen atoms in total. The number of ether oxygens (including phenoxy) is 1. The summed E-state index contributed by atoms with van der Waals surface area (Å²) in [4.78, 5) is 12.9. The maximum Gasteiger partial charge on any atom is 0.262 e. The first kappa shape index (κ1) is 15.1. The van der Waals surface area contributed by atoms with Crippen molar-refractivity contribution in [2.45, 2.75) is 6.92 Å². The first-order valence-corrected chi connectivity index (χ1v) is 7.34. The topological polar surface area (TPSA) is 55.0 Å². The minimum atomic E-state index is -0.198. The van der Waals surface area contributed by atoms with Gasteiger partial charge in [0, 0.05) is 21.7 Å². The van der Waals surface area contributed by atoms with Gasteiger partial charge in [-0.1, -0.05) is 11.6 Å². The van der Waals surface area contributed by atoms with Crippen LogP contribution in [0.1, 0.15) is 21.6 Å². The highest BCUT2D eigenvalue weighted by Crippen LogP contribution is 2.29. The van der Waals surface area contributed by atoms with E-state index in [-0.39, 0.29) is 5.91 Å². The third kappa shape index (κ3) is 2.45. The summed E-state index contributed by atoms with van der Waals surface area (Å²) >= 11 is 5.87. The van der Waals surface area contributed by atoms with Gasteiger partial charge in [-0.05, 0) is 49.4 Å². The minimum absolute atomic E-state index is 0.198. The van der Waals surface area contributed by atoms with Crippen LogP contribution in [0.4, 0.5) is 0 Å². The van der Waals surface area contributed by atoms with Gasteiger partial charge in [0.1, 0.15) is 11.8 Å². The Kier molecular flexibility index (Phi) is 3.81. The first-order valence-electron chi connectivity index (χ1n) is 6.96. The quantitative estimate of drug-likeness (QED) is 0.710. The number of nitriles is 1. The average molecular weight is 325 g/mol. The van der Waals surface area contributed by atoms with Crippen molar-refractivity contribution < 1.29 is 9.53 Å². The molecule has 1 aromatic heterocycles. The highest BCUT2D eigenvalue weighted by molar-refractivity contribution is 6.30. The van der Waals surface area contributed by atoms with Gasteiger partial charge in [0.25, 0.3) is 5.91 Å². The lowest BCUT2D eigenvalue weighted by molar-refractivity contribution is 0.0963. The molecule has 3 rings (SSSR count). The van der Waals surface area contributed by atoms with Crippen molar-refractivity contribution >= 4 is 28.4 Å². The van der Waals surface area contributed by atoms with Crippen LogP contribution in [-0.4, -0.2) is 17.6 Å². The SMILES string of the molecule is COc1ccc2c(c1)c(C#N)c(C)n2C(=O)c1ccc(Cl)cc1. The molecule has 0 aliphatic carbocycles. The molecule has 0 amide bonds. The first-order chi connectivity index (χ1) is 11.1. The zero-order valence-electron chi connectivity index (χ0n) is 12.6. The second kappa shape index (κ2) is 5.79. The zero-order chi connectivity index (χ0) is 16.6. The van der Waals surface area contributed by atoms with Crippen LogP contribution in [0.25, 0.3) is 10.9 Å². The van der Waals surface area contributed by atoms with Gasteiger partial charge in [-0.15, -0.1) is 0 Å². The Morgan fingerprint density at radius 1 is 1.22 bits per heavy atom. The molecule has 0 aliphatic heterocycles. The Labute approximate surface area is 138 Å². The summed E-state index contributed by atoms with van der Waals surface area (Å²) in [6.45, 7) is 1.76. The van der Waals surface area contributed by atoms with E-state index in [1.54, 1.807) is 61.1 Å². The molecule has 0 bridgehead atoms. The maximum absolute atomic E-state index is 12.9. The number of fused-ring (bicyclic) bond motifs is 1. The van der Waals surface area contributed by atoms with Crippen LogP contribution >= 0.6 is 11.6 Å². The van der Waals surface area contributed by atoms with Crippen LogP contribution in [-0.2, 0) is 0 Å². The smallest absolute Gasteiger partial charge is 0.262 e. The Morgan fingerprint density at radius 3 is 2.52 bits per heavy atom. The summed E-state index contributed by atoms with van der Waals surface area (Å²) in [5.41, 5.74) is 2.27. The van der Waals surface area contributed by atoms with Crippen molar-refractivity contribution in [3.8, 4) is 11.8 Å². The molecule has 114 valence electrons. The van der Waals surface area contributed by atoms with Gasteiger partial charge < -0.3 is 4.74 Å². The molecule has 0 spiro atoms. The number of benzene rings is 2. The highest BCUT2D eigenvalue weighted by Gasteiger charge is 2.20. The summed E-state index contributed by atoms with van der Waals surface area (Å²) in [7, 11) is 1.57. The third-order valence-corrected chi connectivity index (χ3v) is 4.07. The molecular formula is C18H13ClN2O2. The number of carbonyl (C=O) groups is 1. The van der Waals surface area contributed by atoms with Crippen molar-refractivity contribution in [3.63, 3.8) is 0 Å². The molecule has 0 saturated carbocycles. The zero-order valence-corrected chi connectivity index (χ0v) is 13.4. The number of carbonyl (C=O) groups excluding carboxylic acids is 1. The van der Waals surface area contributed by atoms with Gasteiger partial charge >= 0.3 is 0 Å². The van der Waals surface area contributed by atoms with Crippen LogP contribution < -0.4 is 4.74 Å². The van der Waals surface area contributed by atoms with Crippen molar-refractivity contribution in [1.82, 2.24) is 4.57 Å². The molecule has 2 aromatic carbocycles. The molecule has 1 heterocycles. The summed E-state index contributed by atoms with van der Waals surface area (Å²) in [6, 6.07) is 14.2. The normalized spacial score (nSPS) is 10.5. The lowest BCUT2D eigenvalue weighted by atomic mass is 10.1. The second-order valence-electron chi connectivity index (χ2n) is 5.10. The lowest BCUT2D eigenvalue weighted by Gasteiger charge is -2.07. The number of rotatable bonds is 2. The van der Waals surface area contributed by atoms with E-state index in [0.29, 0.717) is 38.5 Å². The second-order valence-corrected chi connectivity index (χ2v) is 5.54. The minimum Gasteiger partial charge on any atom is -0.497 e. The van der Waals surface area contributed by atoms with Crippen molar-refractivity contribution in [3.05, 3.63) is 64.3 Å². The maximum atomic E-state index is 12.9. The van der Waals surface area contributed by atoms with Crippen LogP contribution in [0.3, 0.4) is 0 Å². The van der Waals surface area contributed by atoms with Crippen molar-refractivity contribution in [2.24, 2.45) is 0 Å². The van der Waals surface area contributed by atoms with E-state index in [9.17, 15) is 10.1 Å². The molecule has 23 heavy (non-hydrogen) atoms. The molecule has 5 heteroatoms. The van der Waals surface area contributed by atoms with Gasteiger partial charge in [-0.3, -0.25) is 9.36 Å². The summed E-state index contributed by atoms with van der Waals surface area (Å²) in [5, 5.41) is 10.7. The van der Waals surface area contributed by atoms with Crippen LogP contribution in [0.5, 0.6) is 5.75 Å². The summed E-state index contributed by atoms with van der Waals surface area (Å²) in [5.74, 6) is 0.445. The predicted molar refractivity (Wildman–Crippen MR) is 89.1 cm³/mol. The van der Waals surface area contributed by atoms with E-state index >= 15 is 0 Å². The molecule has 0 radical (unpaired) electrons. The standard InChI is InChI=1S/C18H13ClN2O2/c1-11-16(10-20)15-9-14(23-2)7-8-17(15)21(11)18(22)12-3-5-13(19)6-4-12/h3-9H,1-2H3. The molecular weight excluding hydrogens is 312 g/mol. The van der Waals surface area contributed by atoms with Gasteiger partial charge in [-0.2, -0.15) is 5.26 Å². The number of halogens is 1. The van der Waals surface area contributed by atoms with Gasteiger partial charge in [0.05, 0.1) is 18.2 Å². The molecule has 0 fully saturated rings. The van der Waals surface area contributed by atoms with Crippen molar-refractivity contribution in [2.75, 3.05) is 7.11 Å².